The molecule has 0 aromatic carbocycles. The standard InChI is InChI=1S/C7H16O6/c1-3(9)5(11)7(13)6(12)4(10)2-8/h3-13H,2H2,1H3/t3-,4-,5-,6-,7-/m1/s1. The van der Waals surface area contributed by atoms with Gasteiger partial charge in [-0.2, -0.15) is 0 Å². The summed E-state index contributed by atoms with van der Waals surface area (Å²) in [6.45, 7) is 0.497. The zero-order valence-corrected chi connectivity index (χ0v) is 7.28. The molecule has 0 heterocycles. The molecule has 0 aromatic heterocycles. The van der Waals surface area contributed by atoms with Crippen LogP contribution in [0.15, 0.2) is 0 Å². The Bertz CT molecular complexity index is 139. The molecule has 6 N–H and O–H groups in total. The maximum atomic E-state index is 9.13. The first-order valence-corrected chi connectivity index (χ1v) is 3.93. The third-order valence-electron chi connectivity index (χ3n) is 1.78. The van der Waals surface area contributed by atoms with Crippen molar-refractivity contribution in [1.29, 1.82) is 0 Å². The molecular formula is C7H16O6. The molecular weight excluding hydrogens is 180 g/mol. The van der Waals surface area contributed by atoms with Crippen LogP contribution in [0.1, 0.15) is 6.92 Å². The molecule has 5 atom stereocenters. The van der Waals surface area contributed by atoms with Gasteiger partial charge < -0.3 is 30.6 Å². The zero-order valence-electron chi connectivity index (χ0n) is 7.28. The van der Waals surface area contributed by atoms with Crippen LogP contribution < -0.4 is 0 Å². The van der Waals surface area contributed by atoms with Crippen LogP contribution in [0.2, 0.25) is 0 Å². The van der Waals surface area contributed by atoms with Gasteiger partial charge in [0, 0.05) is 0 Å². The van der Waals surface area contributed by atoms with Crippen molar-refractivity contribution >= 4 is 0 Å². The van der Waals surface area contributed by atoms with Crippen LogP contribution >= 0.6 is 0 Å². The summed E-state index contributed by atoms with van der Waals surface area (Å²) in [6.07, 6.45) is -7.70. The SMILES string of the molecule is C[C@@H](O)[C@@H](O)[C@@H](O)[C@H](O)[C@H](O)CO. The fraction of sp³-hybridized carbons (Fsp3) is 1.00. The molecule has 0 aliphatic rings. The van der Waals surface area contributed by atoms with E-state index in [9.17, 15) is 0 Å². The zero-order chi connectivity index (χ0) is 10.6. The number of hydrogen-bond acceptors (Lipinski definition) is 6. The lowest BCUT2D eigenvalue weighted by molar-refractivity contribution is -0.137. The summed E-state index contributed by atoms with van der Waals surface area (Å²) in [5.41, 5.74) is 0. The molecule has 0 saturated carbocycles. The summed E-state index contributed by atoms with van der Waals surface area (Å²) in [5.74, 6) is 0. The lowest BCUT2D eigenvalue weighted by atomic mass is 10.0. The Morgan fingerprint density at radius 1 is 0.846 bits per heavy atom. The molecule has 0 rings (SSSR count). The first kappa shape index (κ1) is 12.8. The molecule has 0 bridgehead atoms. The van der Waals surface area contributed by atoms with Gasteiger partial charge in [-0.1, -0.05) is 0 Å². The van der Waals surface area contributed by atoms with Crippen LogP contribution in [0.3, 0.4) is 0 Å². The molecule has 6 heteroatoms. The minimum absolute atomic E-state index is 0.731. The fourth-order valence-corrected chi connectivity index (χ4v) is 0.823. The van der Waals surface area contributed by atoms with E-state index >= 15 is 0 Å². The fourth-order valence-electron chi connectivity index (χ4n) is 0.823. The van der Waals surface area contributed by atoms with Gasteiger partial charge in [-0.3, -0.25) is 0 Å². The predicted octanol–water partition coefficient (Wildman–Crippen LogP) is -3.20. The van der Waals surface area contributed by atoms with Crippen molar-refractivity contribution in [3.8, 4) is 0 Å². The number of rotatable bonds is 5. The van der Waals surface area contributed by atoms with E-state index in [1.807, 2.05) is 0 Å². The average molecular weight is 196 g/mol. The van der Waals surface area contributed by atoms with E-state index < -0.39 is 37.1 Å². The van der Waals surface area contributed by atoms with E-state index in [2.05, 4.69) is 0 Å². The van der Waals surface area contributed by atoms with Gasteiger partial charge >= 0.3 is 0 Å². The van der Waals surface area contributed by atoms with Crippen molar-refractivity contribution < 1.29 is 30.6 Å². The van der Waals surface area contributed by atoms with E-state index in [4.69, 9.17) is 30.6 Å². The molecule has 0 aliphatic heterocycles. The van der Waals surface area contributed by atoms with Crippen LogP contribution in [-0.4, -0.2) is 67.8 Å². The molecule has 80 valence electrons. The minimum Gasteiger partial charge on any atom is -0.394 e. The van der Waals surface area contributed by atoms with Crippen molar-refractivity contribution in [3.63, 3.8) is 0 Å². The molecule has 0 amide bonds. The summed E-state index contributed by atoms with van der Waals surface area (Å²) < 4.78 is 0. The van der Waals surface area contributed by atoms with Crippen molar-refractivity contribution in [2.75, 3.05) is 6.61 Å². The predicted molar refractivity (Wildman–Crippen MR) is 42.8 cm³/mol. The highest BCUT2D eigenvalue weighted by molar-refractivity contribution is 4.82. The van der Waals surface area contributed by atoms with Crippen molar-refractivity contribution in [3.05, 3.63) is 0 Å². The van der Waals surface area contributed by atoms with Crippen LogP contribution in [0.4, 0.5) is 0 Å². The summed E-state index contributed by atoms with van der Waals surface area (Å²) in [5, 5.41) is 53.4. The molecule has 0 spiro atoms. The van der Waals surface area contributed by atoms with Gasteiger partial charge in [0.25, 0.3) is 0 Å². The topological polar surface area (TPSA) is 121 Å². The van der Waals surface area contributed by atoms with Gasteiger partial charge in [-0.15, -0.1) is 0 Å². The quantitative estimate of drug-likeness (QED) is 0.275. The van der Waals surface area contributed by atoms with Crippen LogP contribution in [-0.2, 0) is 0 Å². The van der Waals surface area contributed by atoms with E-state index in [-0.39, 0.29) is 0 Å². The lowest BCUT2D eigenvalue weighted by Gasteiger charge is -2.26. The Balaban J connectivity index is 4.15. The Morgan fingerprint density at radius 2 is 1.31 bits per heavy atom. The number of aliphatic hydroxyl groups is 6. The van der Waals surface area contributed by atoms with Crippen LogP contribution in [0, 0.1) is 0 Å². The Morgan fingerprint density at radius 3 is 1.62 bits per heavy atom. The van der Waals surface area contributed by atoms with E-state index in [1.54, 1.807) is 0 Å². The molecule has 0 unspecified atom stereocenters. The maximum Gasteiger partial charge on any atom is 0.111 e. The second kappa shape index (κ2) is 5.48. The highest BCUT2D eigenvalue weighted by atomic mass is 16.4. The first-order valence-electron chi connectivity index (χ1n) is 3.93. The molecule has 0 fully saturated rings. The lowest BCUT2D eigenvalue weighted by Crippen LogP contribution is -2.49. The smallest absolute Gasteiger partial charge is 0.111 e. The van der Waals surface area contributed by atoms with Gasteiger partial charge in [0.1, 0.15) is 24.4 Å². The average Bonchev–Trinajstić information content (AvgIpc) is 2.12. The van der Waals surface area contributed by atoms with Crippen molar-refractivity contribution in [2.24, 2.45) is 0 Å². The van der Waals surface area contributed by atoms with Crippen molar-refractivity contribution in [2.45, 2.75) is 37.4 Å². The second-order valence-electron chi connectivity index (χ2n) is 2.96. The molecule has 13 heavy (non-hydrogen) atoms. The van der Waals surface area contributed by atoms with E-state index in [1.165, 1.54) is 6.92 Å². The normalized spacial score (nSPS) is 23.3. The Kier molecular flexibility index (Phi) is 5.38. The van der Waals surface area contributed by atoms with Crippen LogP contribution in [0.25, 0.3) is 0 Å². The molecule has 0 radical (unpaired) electrons. The van der Waals surface area contributed by atoms with E-state index in [0.29, 0.717) is 0 Å². The molecule has 0 aromatic rings. The largest absolute Gasteiger partial charge is 0.394 e. The minimum atomic E-state index is -1.69. The second-order valence-corrected chi connectivity index (χ2v) is 2.96. The van der Waals surface area contributed by atoms with Gasteiger partial charge in [0.2, 0.25) is 0 Å². The summed E-state index contributed by atoms with van der Waals surface area (Å²) >= 11 is 0. The summed E-state index contributed by atoms with van der Waals surface area (Å²) in [6, 6.07) is 0. The van der Waals surface area contributed by atoms with Gasteiger partial charge in [0.15, 0.2) is 0 Å². The van der Waals surface area contributed by atoms with Gasteiger partial charge in [-0.25, -0.2) is 0 Å². The third-order valence-corrected chi connectivity index (χ3v) is 1.78. The number of aliphatic hydroxyl groups excluding tert-OH is 6. The monoisotopic (exact) mass is 196 g/mol. The Labute approximate surface area is 75.7 Å². The third kappa shape index (κ3) is 3.55. The Hall–Kier alpha value is -0.240. The molecule has 6 nitrogen and oxygen atoms in total. The highest BCUT2D eigenvalue weighted by Gasteiger charge is 2.32. The van der Waals surface area contributed by atoms with Gasteiger partial charge in [-0.05, 0) is 6.92 Å². The highest BCUT2D eigenvalue weighted by Crippen LogP contribution is 2.07. The molecule has 0 aliphatic carbocycles. The maximum absolute atomic E-state index is 9.13. The number of hydrogen-bond donors (Lipinski definition) is 6. The van der Waals surface area contributed by atoms with E-state index in [0.717, 1.165) is 0 Å². The summed E-state index contributed by atoms with van der Waals surface area (Å²) in [4.78, 5) is 0. The summed E-state index contributed by atoms with van der Waals surface area (Å²) in [7, 11) is 0. The van der Waals surface area contributed by atoms with Crippen molar-refractivity contribution in [1.82, 2.24) is 0 Å². The molecule has 0 saturated heterocycles. The van der Waals surface area contributed by atoms with Gasteiger partial charge in [0.05, 0.1) is 12.7 Å². The van der Waals surface area contributed by atoms with Crippen LogP contribution in [0.5, 0.6) is 0 Å². The first-order chi connectivity index (χ1) is 5.91.